The van der Waals surface area contributed by atoms with Gasteiger partial charge < -0.3 is 10.0 Å². The van der Waals surface area contributed by atoms with E-state index in [1.54, 1.807) is 34.9 Å². The highest BCUT2D eigenvalue weighted by molar-refractivity contribution is 8.00. The van der Waals surface area contributed by atoms with Crippen molar-refractivity contribution in [3.8, 4) is 5.75 Å². The van der Waals surface area contributed by atoms with Crippen LogP contribution >= 0.6 is 11.8 Å². The quantitative estimate of drug-likeness (QED) is 0.913. The van der Waals surface area contributed by atoms with Gasteiger partial charge in [-0.25, -0.2) is 0 Å². The van der Waals surface area contributed by atoms with E-state index in [2.05, 4.69) is 0 Å². The Morgan fingerprint density at radius 2 is 2.33 bits per heavy atom. The first-order valence-corrected chi connectivity index (χ1v) is 7.49. The molecule has 1 aliphatic heterocycles. The lowest BCUT2D eigenvalue weighted by Gasteiger charge is -2.28. The summed E-state index contributed by atoms with van der Waals surface area (Å²) in [6.45, 7) is 2.61. The molecule has 1 atom stereocenters. The van der Waals surface area contributed by atoms with Gasteiger partial charge in [-0.05, 0) is 37.7 Å². The van der Waals surface area contributed by atoms with Gasteiger partial charge in [0.25, 0.3) is 0 Å². The maximum Gasteiger partial charge on any atom is 0.240 e. The highest BCUT2D eigenvalue weighted by Gasteiger charge is 2.26. The molecule has 0 aliphatic carbocycles. The molecule has 0 bridgehead atoms. The first kappa shape index (κ1) is 13.3. The number of carbonyl (C=O) groups is 1. The molecule has 3 nitrogen and oxygen atoms in total. The minimum atomic E-state index is 0.0843. The number of aromatic hydroxyl groups is 1. The number of benzene rings is 1. The summed E-state index contributed by atoms with van der Waals surface area (Å²) >= 11 is 1.76. The van der Waals surface area contributed by atoms with Crippen LogP contribution in [0.4, 0.5) is 5.69 Å². The number of hydrogen-bond acceptors (Lipinski definition) is 3. The second-order valence-corrected chi connectivity index (χ2v) is 5.77. The van der Waals surface area contributed by atoms with Gasteiger partial charge in [-0.2, -0.15) is 0 Å². The number of rotatable bonds is 3. The Morgan fingerprint density at radius 3 is 2.94 bits per heavy atom. The van der Waals surface area contributed by atoms with E-state index in [0.29, 0.717) is 6.54 Å². The second kappa shape index (κ2) is 6.14. The van der Waals surface area contributed by atoms with Crippen molar-refractivity contribution in [2.75, 3.05) is 17.2 Å². The van der Waals surface area contributed by atoms with E-state index in [1.165, 1.54) is 6.42 Å². The van der Waals surface area contributed by atoms with E-state index in [9.17, 15) is 9.90 Å². The zero-order chi connectivity index (χ0) is 13.0. The summed E-state index contributed by atoms with van der Waals surface area (Å²) in [5.41, 5.74) is 0.786. The van der Waals surface area contributed by atoms with Crippen molar-refractivity contribution in [3.63, 3.8) is 0 Å². The first-order chi connectivity index (χ1) is 8.72. The number of hydrogen-bond donors (Lipinski definition) is 1. The van der Waals surface area contributed by atoms with Crippen LogP contribution in [-0.4, -0.2) is 28.6 Å². The van der Waals surface area contributed by atoms with E-state index in [0.717, 1.165) is 24.3 Å². The number of anilines is 1. The van der Waals surface area contributed by atoms with Gasteiger partial charge in [0.1, 0.15) is 5.75 Å². The van der Waals surface area contributed by atoms with E-state index in [4.69, 9.17) is 0 Å². The molecule has 1 N–H and O–H groups in total. The minimum absolute atomic E-state index is 0.0843. The van der Waals surface area contributed by atoms with Gasteiger partial charge in [0, 0.05) is 18.3 Å². The average molecular weight is 265 g/mol. The van der Waals surface area contributed by atoms with Gasteiger partial charge in [0.2, 0.25) is 5.91 Å². The minimum Gasteiger partial charge on any atom is -0.508 e. The summed E-state index contributed by atoms with van der Waals surface area (Å²) in [5.74, 6) is 1.46. The fourth-order valence-corrected chi connectivity index (χ4v) is 3.49. The summed E-state index contributed by atoms with van der Waals surface area (Å²) in [6.07, 6.45) is 3.33. The van der Waals surface area contributed by atoms with Crippen LogP contribution < -0.4 is 4.90 Å². The zero-order valence-electron chi connectivity index (χ0n) is 10.6. The molecule has 4 heteroatoms. The summed E-state index contributed by atoms with van der Waals surface area (Å²) in [7, 11) is 0. The van der Waals surface area contributed by atoms with Gasteiger partial charge in [0.05, 0.1) is 5.25 Å². The molecule has 98 valence electrons. The number of phenolic OH excluding ortho intramolecular Hbond substituents is 1. The average Bonchev–Trinajstić information content (AvgIpc) is 2.40. The summed E-state index contributed by atoms with van der Waals surface area (Å²) in [5, 5.41) is 9.59. The van der Waals surface area contributed by atoms with Crippen LogP contribution in [0, 0.1) is 0 Å². The van der Waals surface area contributed by atoms with Gasteiger partial charge in [-0.1, -0.05) is 12.5 Å². The van der Waals surface area contributed by atoms with Gasteiger partial charge >= 0.3 is 0 Å². The number of carbonyl (C=O) groups excluding carboxylic acids is 1. The molecule has 1 aromatic carbocycles. The monoisotopic (exact) mass is 265 g/mol. The predicted octanol–water partition coefficient (Wildman–Crippen LogP) is 3.03. The zero-order valence-corrected chi connectivity index (χ0v) is 11.4. The molecule has 1 unspecified atom stereocenters. The van der Waals surface area contributed by atoms with Gasteiger partial charge in [-0.3, -0.25) is 4.79 Å². The van der Waals surface area contributed by atoms with Crippen molar-refractivity contribution >= 4 is 23.4 Å². The number of amides is 1. The molecule has 18 heavy (non-hydrogen) atoms. The molecular formula is C14H19NO2S. The normalized spacial score (nSPS) is 19.5. The van der Waals surface area contributed by atoms with Crippen molar-refractivity contribution < 1.29 is 9.90 Å². The Hall–Kier alpha value is -1.16. The largest absolute Gasteiger partial charge is 0.508 e. The lowest BCUT2D eigenvalue weighted by atomic mass is 10.1. The third-order valence-electron chi connectivity index (χ3n) is 3.18. The lowest BCUT2D eigenvalue weighted by molar-refractivity contribution is -0.118. The molecule has 1 amide bonds. The molecule has 1 aliphatic rings. The first-order valence-electron chi connectivity index (χ1n) is 6.44. The van der Waals surface area contributed by atoms with Crippen molar-refractivity contribution in [3.05, 3.63) is 24.3 Å². The Bertz CT molecular complexity index is 416. The maximum atomic E-state index is 12.5. The van der Waals surface area contributed by atoms with Crippen molar-refractivity contribution in [1.82, 2.24) is 0 Å². The molecular weight excluding hydrogens is 246 g/mol. The van der Waals surface area contributed by atoms with Gasteiger partial charge in [0.15, 0.2) is 0 Å². The number of phenols is 1. The molecule has 0 aromatic heterocycles. The van der Waals surface area contributed by atoms with Crippen molar-refractivity contribution in [2.45, 2.75) is 31.4 Å². The van der Waals surface area contributed by atoms with E-state index >= 15 is 0 Å². The number of nitrogens with zero attached hydrogens (tertiary/aromatic N) is 1. The van der Waals surface area contributed by atoms with Crippen LogP contribution in [-0.2, 0) is 4.79 Å². The fraction of sp³-hybridized carbons (Fsp3) is 0.500. The summed E-state index contributed by atoms with van der Waals surface area (Å²) in [6, 6.07) is 6.91. The topological polar surface area (TPSA) is 40.5 Å². The molecule has 2 rings (SSSR count). The third-order valence-corrected chi connectivity index (χ3v) is 4.54. The number of thioether (sulfide) groups is 1. The second-order valence-electron chi connectivity index (χ2n) is 4.46. The Kier molecular flexibility index (Phi) is 4.53. The molecule has 0 radical (unpaired) electrons. The molecule has 0 spiro atoms. The molecule has 1 fully saturated rings. The van der Waals surface area contributed by atoms with E-state index < -0.39 is 0 Å². The van der Waals surface area contributed by atoms with Crippen LogP contribution in [0.25, 0.3) is 0 Å². The van der Waals surface area contributed by atoms with Crippen LogP contribution in [0.5, 0.6) is 5.75 Å². The Morgan fingerprint density at radius 1 is 1.50 bits per heavy atom. The Balaban J connectivity index is 2.14. The maximum absolute atomic E-state index is 12.5. The van der Waals surface area contributed by atoms with Crippen LogP contribution in [0.1, 0.15) is 26.2 Å². The highest BCUT2D eigenvalue weighted by atomic mass is 32.2. The Labute approximate surface area is 112 Å². The molecule has 1 heterocycles. The summed E-state index contributed by atoms with van der Waals surface area (Å²) in [4.78, 5) is 14.2. The fourth-order valence-electron chi connectivity index (χ4n) is 2.24. The highest BCUT2D eigenvalue weighted by Crippen LogP contribution is 2.29. The smallest absolute Gasteiger partial charge is 0.240 e. The summed E-state index contributed by atoms with van der Waals surface area (Å²) < 4.78 is 0. The lowest BCUT2D eigenvalue weighted by Crippen LogP contribution is -2.38. The van der Waals surface area contributed by atoms with Crippen molar-refractivity contribution in [2.24, 2.45) is 0 Å². The van der Waals surface area contributed by atoms with E-state index in [1.807, 2.05) is 13.0 Å². The van der Waals surface area contributed by atoms with Crippen LogP contribution in [0.15, 0.2) is 24.3 Å². The molecule has 1 aromatic rings. The standard InChI is InChI=1S/C14H19NO2S/c1-2-15(11-6-5-7-12(16)10-11)14(17)13-8-3-4-9-18-13/h5-7,10,13,16H,2-4,8-9H2,1H3. The van der Waals surface area contributed by atoms with E-state index in [-0.39, 0.29) is 16.9 Å². The third kappa shape index (κ3) is 2.99. The van der Waals surface area contributed by atoms with Crippen LogP contribution in [0.3, 0.4) is 0 Å². The van der Waals surface area contributed by atoms with Crippen LogP contribution in [0.2, 0.25) is 0 Å². The SMILES string of the molecule is CCN(C(=O)C1CCCCS1)c1cccc(O)c1. The van der Waals surface area contributed by atoms with Gasteiger partial charge in [-0.15, -0.1) is 11.8 Å². The predicted molar refractivity (Wildman–Crippen MR) is 76.2 cm³/mol. The molecule has 0 saturated carbocycles. The van der Waals surface area contributed by atoms with Crippen molar-refractivity contribution in [1.29, 1.82) is 0 Å². The molecule has 1 saturated heterocycles.